The van der Waals surface area contributed by atoms with Crippen molar-refractivity contribution in [3.8, 4) is 5.69 Å². The van der Waals surface area contributed by atoms with Crippen molar-refractivity contribution in [3.63, 3.8) is 0 Å². The number of halogens is 2. The molecule has 1 aromatic carbocycles. The van der Waals surface area contributed by atoms with Crippen LogP contribution < -0.4 is 0 Å². The second-order valence-corrected chi connectivity index (χ2v) is 5.06. The predicted octanol–water partition coefficient (Wildman–Crippen LogP) is 3.51. The number of hydrogen-bond acceptors (Lipinski definition) is 2. The van der Waals surface area contributed by atoms with Crippen LogP contribution in [-0.4, -0.2) is 20.9 Å². The molecule has 0 aliphatic rings. The summed E-state index contributed by atoms with van der Waals surface area (Å²) in [6.45, 7) is 2.06. The number of nitrogens with zero attached hydrogens (tertiary/aromatic N) is 3. The van der Waals surface area contributed by atoms with Crippen LogP contribution in [0, 0.1) is 6.92 Å². The van der Waals surface area contributed by atoms with Gasteiger partial charge in [-0.25, -0.2) is 4.68 Å². The lowest BCUT2D eigenvalue weighted by molar-refractivity contribution is 0.788. The van der Waals surface area contributed by atoms with Crippen molar-refractivity contribution in [2.45, 2.75) is 19.8 Å². The van der Waals surface area contributed by atoms with Crippen LogP contribution >= 0.6 is 27.5 Å². The molecule has 1 heterocycles. The third-order valence-corrected chi connectivity index (χ3v) is 3.72. The summed E-state index contributed by atoms with van der Waals surface area (Å²) in [6, 6.07) is 6.04. The zero-order valence-electron chi connectivity index (χ0n) is 9.53. The molecule has 3 nitrogen and oxygen atoms in total. The maximum Gasteiger partial charge on any atom is 0.0832 e. The third kappa shape index (κ3) is 2.87. The van der Waals surface area contributed by atoms with Crippen LogP contribution in [0.1, 0.15) is 17.7 Å². The molecule has 0 amide bonds. The van der Waals surface area contributed by atoms with E-state index in [1.165, 1.54) is 0 Å². The molecule has 2 aromatic rings. The quantitative estimate of drug-likeness (QED) is 0.809. The molecule has 2 rings (SSSR count). The van der Waals surface area contributed by atoms with Gasteiger partial charge in [0.15, 0.2) is 0 Å². The zero-order valence-corrected chi connectivity index (χ0v) is 11.9. The molecule has 90 valence electrons. The lowest BCUT2D eigenvalue weighted by atomic mass is 10.2. The molecule has 17 heavy (non-hydrogen) atoms. The Morgan fingerprint density at radius 2 is 2.24 bits per heavy atom. The van der Waals surface area contributed by atoms with E-state index in [0.29, 0.717) is 5.88 Å². The predicted molar refractivity (Wildman–Crippen MR) is 72.8 cm³/mol. The zero-order chi connectivity index (χ0) is 12.3. The van der Waals surface area contributed by atoms with E-state index in [1.54, 1.807) is 0 Å². The second kappa shape index (κ2) is 5.65. The molecule has 0 N–H and O–H groups in total. The van der Waals surface area contributed by atoms with Crippen LogP contribution in [0.3, 0.4) is 0 Å². The first-order chi connectivity index (χ1) is 8.22. The van der Waals surface area contributed by atoms with Crippen molar-refractivity contribution in [3.05, 3.63) is 40.1 Å². The minimum Gasteiger partial charge on any atom is -0.220 e. The Balaban J connectivity index is 2.27. The highest BCUT2D eigenvalue weighted by Gasteiger charge is 2.06. The summed E-state index contributed by atoms with van der Waals surface area (Å²) < 4.78 is 2.89. The fraction of sp³-hybridized carbons (Fsp3) is 0.333. The Kier molecular flexibility index (Phi) is 4.18. The summed E-state index contributed by atoms with van der Waals surface area (Å²) >= 11 is 9.17. The number of alkyl halides is 1. The Labute approximate surface area is 114 Å². The average Bonchev–Trinajstić information content (AvgIpc) is 2.78. The Morgan fingerprint density at radius 3 is 3.00 bits per heavy atom. The van der Waals surface area contributed by atoms with Crippen LogP contribution in [0.5, 0.6) is 0 Å². The fourth-order valence-electron chi connectivity index (χ4n) is 1.62. The van der Waals surface area contributed by atoms with Crippen LogP contribution in [-0.2, 0) is 6.42 Å². The van der Waals surface area contributed by atoms with Gasteiger partial charge in [0.05, 0.1) is 17.6 Å². The second-order valence-electron chi connectivity index (χ2n) is 3.83. The number of benzene rings is 1. The summed E-state index contributed by atoms with van der Waals surface area (Å²) in [5, 5.41) is 8.28. The first kappa shape index (κ1) is 12.6. The van der Waals surface area contributed by atoms with E-state index in [2.05, 4.69) is 33.2 Å². The Morgan fingerprint density at radius 1 is 1.41 bits per heavy atom. The molecule has 0 saturated carbocycles. The minimum absolute atomic E-state index is 0.656. The fourth-order valence-corrected chi connectivity index (χ4v) is 2.11. The highest BCUT2D eigenvalue weighted by Crippen LogP contribution is 2.22. The Hall–Kier alpha value is -0.870. The molecule has 1 aromatic heterocycles. The highest BCUT2D eigenvalue weighted by molar-refractivity contribution is 9.10. The topological polar surface area (TPSA) is 30.7 Å². The molecule has 0 spiro atoms. The molecule has 5 heteroatoms. The summed E-state index contributed by atoms with van der Waals surface area (Å²) in [7, 11) is 0. The maximum absolute atomic E-state index is 5.66. The molecule has 0 saturated heterocycles. The summed E-state index contributed by atoms with van der Waals surface area (Å²) in [4.78, 5) is 0. The van der Waals surface area contributed by atoms with E-state index >= 15 is 0 Å². The van der Waals surface area contributed by atoms with Gasteiger partial charge in [-0.3, -0.25) is 0 Å². The summed E-state index contributed by atoms with van der Waals surface area (Å²) in [6.07, 6.45) is 3.76. The monoisotopic (exact) mass is 313 g/mol. The molecule has 0 aliphatic heterocycles. The van der Waals surface area contributed by atoms with Crippen molar-refractivity contribution >= 4 is 27.5 Å². The van der Waals surface area contributed by atoms with Gasteiger partial charge in [0.2, 0.25) is 0 Å². The van der Waals surface area contributed by atoms with Gasteiger partial charge in [-0.15, -0.1) is 16.7 Å². The normalized spacial score (nSPS) is 10.8. The van der Waals surface area contributed by atoms with Crippen LogP contribution in [0.2, 0.25) is 0 Å². The van der Waals surface area contributed by atoms with E-state index in [-0.39, 0.29) is 0 Å². The van der Waals surface area contributed by atoms with E-state index in [1.807, 2.05) is 29.1 Å². The van der Waals surface area contributed by atoms with Crippen molar-refractivity contribution < 1.29 is 0 Å². The first-order valence-electron chi connectivity index (χ1n) is 5.45. The number of rotatable bonds is 4. The summed E-state index contributed by atoms with van der Waals surface area (Å²) in [5.74, 6) is 0.656. The Bertz CT molecular complexity index is 510. The SMILES string of the molecule is Cc1c(Br)cccc1-n1cc(CCCCl)nn1. The van der Waals surface area contributed by atoms with Crippen LogP contribution in [0.25, 0.3) is 5.69 Å². The van der Waals surface area contributed by atoms with Crippen molar-refractivity contribution in [2.75, 3.05) is 5.88 Å². The van der Waals surface area contributed by atoms with Gasteiger partial charge in [0.25, 0.3) is 0 Å². The van der Waals surface area contributed by atoms with Gasteiger partial charge in [-0.05, 0) is 37.5 Å². The lowest BCUT2D eigenvalue weighted by Crippen LogP contribution is -1.98. The van der Waals surface area contributed by atoms with Gasteiger partial charge in [-0.1, -0.05) is 27.2 Å². The first-order valence-corrected chi connectivity index (χ1v) is 6.78. The van der Waals surface area contributed by atoms with Crippen molar-refractivity contribution in [1.82, 2.24) is 15.0 Å². The third-order valence-electron chi connectivity index (χ3n) is 2.59. The van der Waals surface area contributed by atoms with Gasteiger partial charge in [0, 0.05) is 10.4 Å². The van der Waals surface area contributed by atoms with E-state index < -0.39 is 0 Å². The lowest BCUT2D eigenvalue weighted by Gasteiger charge is -2.05. The van der Waals surface area contributed by atoms with E-state index in [0.717, 1.165) is 34.3 Å². The summed E-state index contributed by atoms with van der Waals surface area (Å²) in [5.41, 5.74) is 3.18. The molecular formula is C12H13BrClN3. The molecule has 0 atom stereocenters. The van der Waals surface area contributed by atoms with Crippen LogP contribution in [0.15, 0.2) is 28.9 Å². The standard InChI is InChI=1S/C12H13BrClN3/c1-9-11(13)5-2-6-12(9)17-8-10(15-16-17)4-3-7-14/h2,5-6,8H,3-4,7H2,1H3. The van der Waals surface area contributed by atoms with Gasteiger partial charge in [0.1, 0.15) is 0 Å². The van der Waals surface area contributed by atoms with E-state index in [4.69, 9.17) is 11.6 Å². The molecule has 0 radical (unpaired) electrons. The minimum atomic E-state index is 0.656. The largest absolute Gasteiger partial charge is 0.220 e. The van der Waals surface area contributed by atoms with E-state index in [9.17, 15) is 0 Å². The number of aromatic nitrogens is 3. The number of hydrogen-bond donors (Lipinski definition) is 0. The van der Waals surface area contributed by atoms with Crippen molar-refractivity contribution in [1.29, 1.82) is 0 Å². The average molecular weight is 315 g/mol. The van der Waals surface area contributed by atoms with Crippen LogP contribution in [0.4, 0.5) is 0 Å². The van der Waals surface area contributed by atoms with Gasteiger partial charge < -0.3 is 0 Å². The molecular weight excluding hydrogens is 302 g/mol. The molecule has 0 aliphatic carbocycles. The highest BCUT2D eigenvalue weighted by atomic mass is 79.9. The van der Waals surface area contributed by atoms with Crippen molar-refractivity contribution in [2.24, 2.45) is 0 Å². The molecule has 0 bridgehead atoms. The van der Waals surface area contributed by atoms with Gasteiger partial charge >= 0.3 is 0 Å². The van der Waals surface area contributed by atoms with Gasteiger partial charge in [-0.2, -0.15) is 0 Å². The number of aryl methyl sites for hydroxylation is 1. The smallest absolute Gasteiger partial charge is 0.0832 e. The maximum atomic E-state index is 5.66. The molecule has 0 unspecified atom stereocenters. The molecule has 0 fully saturated rings.